The number of amides is 1. The second-order valence-electron chi connectivity index (χ2n) is 17.1. The number of ether oxygens (including phenoxy) is 5. The number of esters is 1. The van der Waals surface area contributed by atoms with Gasteiger partial charge in [0.2, 0.25) is 0 Å². The molecule has 2 fully saturated rings. The number of nitrogens with zero attached hydrogens (tertiary/aromatic N) is 2. The fraction of sp³-hybridized carbons (Fsp3) is 0.333. The fourth-order valence-electron chi connectivity index (χ4n) is 9.98. The summed E-state index contributed by atoms with van der Waals surface area (Å²) in [5, 5.41) is 1.92. The topological polar surface area (TPSA) is 113 Å². The van der Waals surface area contributed by atoms with Gasteiger partial charge in [0.25, 0.3) is 0 Å². The minimum atomic E-state index is -0.943. The van der Waals surface area contributed by atoms with Gasteiger partial charge in [-0.05, 0) is 83.7 Å². The molecule has 3 aliphatic heterocycles. The number of carbonyl (C=O) groups is 2. The summed E-state index contributed by atoms with van der Waals surface area (Å²) in [5.41, 5.74) is 14.6. The summed E-state index contributed by atoms with van der Waals surface area (Å²) in [6, 6.07) is 32.1. The first-order valence-electron chi connectivity index (χ1n) is 21.2. The van der Waals surface area contributed by atoms with Crippen LogP contribution in [-0.4, -0.2) is 64.9 Å². The van der Waals surface area contributed by atoms with Gasteiger partial charge in [-0.15, -0.1) is 0 Å². The summed E-state index contributed by atoms with van der Waals surface area (Å²) in [5.74, 6) is 1.11. The zero-order valence-corrected chi connectivity index (χ0v) is 35.4. The van der Waals surface area contributed by atoms with Crippen molar-refractivity contribution in [3.05, 3.63) is 137 Å². The molecule has 0 radical (unpaired) electrons. The van der Waals surface area contributed by atoms with Gasteiger partial charge in [-0.25, -0.2) is 9.59 Å². The van der Waals surface area contributed by atoms with Crippen LogP contribution in [0.2, 0.25) is 0 Å². The number of hydrogen-bond acceptors (Lipinski definition) is 9. The zero-order valence-electron chi connectivity index (χ0n) is 35.4. The van der Waals surface area contributed by atoms with Crippen LogP contribution in [0.4, 0.5) is 16.2 Å². The molecule has 3 heterocycles. The Balaban J connectivity index is 1.20. The van der Waals surface area contributed by atoms with Crippen LogP contribution in [-0.2, 0) is 30.0 Å². The van der Waals surface area contributed by atoms with Crippen molar-refractivity contribution in [3.63, 3.8) is 0 Å². The Morgan fingerprint density at radius 3 is 2.36 bits per heavy atom. The monoisotopic (exact) mass is 819 g/mol. The lowest BCUT2D eigenvalue weighted by molar-refractivity contribution is -0.139. The third kappa shape index (κ3) is 7.06. The van der Waals surface area contributed by atoms with Crippen LogP contribution in [0.3, 0.4) is 0 Å². The molecule has 1 amide bonds. The van der Waals surface area contributed by atoms with Crippen LogP contribution in [0.25, 0.3) is 28.0 Å². The molecule has 2 N–H and O–H groups in total. The molecule has 3 atom stereocenters. The smallest absolute Gasteiger partial charge is 0.406 e. The van der Waals surface area contributed by atoms with Gasteiger partial charge in [0.1, 0.15) is 11.5 Å². The average molecular weight is 820 g/mol. The van der Waals surface area contributed by atoms with E-state index in [9.17, 15) is 9.59 Å². The van der Waals surface area contributed by atoms with Crippen molar-refractivity contribution in [3.8, 4) is 22.6 Å². The first-order valence-corrected chi connectivity index (χ1v) is 21.2. The van der Waals surface area contributed by atoms with Crippen LogP contribution in [0.15, 0.2) is 109 Å². The highest BCUT2D eigenvalue weighted by molar-refractivity contribution is 6.10. The van der Waals surface area contributed by atoms with E-state index in [4.69, 9.17) is 29.4 Å². The van der Waals surface area contributed by atoms with Gasteiger partial charge < -0.3 is 39.2 Å². The van der Waals surface area contributed by atoms with E-state index in [1.165, 1.54) is 16.7 Å². The van der Waals surface area contributed by atoms with Gasteiger partial charge in [-0.2, -0.15) is 0 Å². The molecule has 4 aliphatic rings. The van der Waals surface area contributed by atoms with E-state index in [-0.39, 0.29) is 17.9 Å². The van der Waals surface area contributed by atoms with Crippen molar-refractivity contribution in [1.29, 1.82) is 0 Å². The Kier molecular flexibility index (Phi) is 10.5. The van der Waals surface area contributed by atoms with E-state index in [1.54, 1.807) is 14.0 Å². The first kappa shape index (κ1) is 40.2. The molecule has 0 aromatic heterocycles. The number of hydrogen-bond donors (Lipinski definition) is 1. The summed E-state index contributed by atoms with van der Waals surface area (Å²) in [6.45, 7) is 13.9. The molecule has 10 nitrogen and oxygen atoms in total. The predicted molar refractivity (Wildman–Crippen MR) is 239 cm³/mol. The van der Waals surface area contributed by atoms with Gasteiger partial charge in [0.15, 0.2) is 11.8 Å². The van der Waals surface area contributed by atoms with E-state index in [0.29, 0.717) is 43.9 Å². The number of primary amides is 1. The van der Waals surface area contributed by atoms with Crippen molar-refractivity contribution < 1.29 is 33.3 Å². The molecule has 2 saturated heterocycles. The van der Waals surface area contributed by atoms with Crippen LogP contribution in [0.1, 0.15) is 67.9 Å². The van der Waals surface area contributed by atoms with Crippen molar-refractivity contribution in [2.75, 3.05) is 56.4 Å². The number of piperidine rings is 1. The highest BCUT2D eigenvalue weighted by atomic mass is 16.6. The molecule has 9 rings (SSSR count). The zero-order chi connectivity index (χ0) is 42.5. The standard InChI is InChI=1S/C51H53N3O7/c1-32(2)48(55)59-26-21-33-20-23-54(44(29-33)60-49(52)56)42-30-39-40(31-43(42)57-5)47-38(46-45(39)37-13-9-10-14-41(37)50(46,3)4)19-22-51(61-47,34-11-7-6-8-12-34)35-15-17-36(18-16-35)53-24-27-58-28-25-53/h6-19,22,30-31,33,44H,1,20-21,23-29H2,2-5H3,(H2,52,56). The molecule has 5 aromatic rings. The van der Waals surface area contributed by atoms with Crippen LogP contribution >= 0.6 is 0 Å². The quantitative estimate of drug-likeness (QED) is 0.109. The van der Waals surface area contributed by atoms with Crippen molar-refractivity contribution in [2.45, 2.75) is 57.3 Å². The molecule has 0 saturated carbocycles. The van der Waals surface area contributed by atoms with Crippen LogP contribution in [0.5, 0.6) is 11.5 Å². The Labute approximate surface area is 357 Å². The Bertz CT molecular complexity index is 2540. The molecule has 0 bridgehead atoms. The number of anilines is 2. The van der Waals surface area contributed by atoms with Gasteiger partial charge >= 0.3 is 12.1 Å². The van der Waals surface area contributed by atoms with Crippen molar-refractivity contribution >= 4 is 40.3 Å². The molecule has 61 heavy (non-hydrogen) atoms. The molecule has 0 spiro atoms. The minimum Gasteiger partial charge on any atom is -0.495 e. The molecule has 314 valence electrons. The summed E-state index contributed by atoms with van der Waals surface area (Å²) in [4.78, 5) is 29.0. The van der Waals surface area contributed by atoms with E-state index < -0.39 is 23.9 Å². The number of morpholine rings is 1. The third-order valence-electron chi connectivity index (χ3n) is 13.0. The molecular formula is C51H53N3O7. The summed E-state index contributed by atoms with van der Waals surface area (Å²) in [6.07, 6.45) is 4.87. The number of benzene rings is 5. The highest BCUT2D eigenvalue weighted by Crippen LogP contribution is 2.59. The maximum atomic E-state index is 12.4. The predicted octanol–water partition coefficient (Wildman–Crippen LogP) is 9.49. The lowest BCUT2D eigenvalue weighted by Gasteiger charge is -2.41. The molecule has 1 aliphatic carbocycles. The van der Waals surface area contributed by atoms with Crippen molar-refractivity contribution in [1.82, 2.24) is 0 Å². The normalized spacial score (nSPS) is 21.2. The van der Waals surface area contributed by atoms with Gasteiger partial charge in [0, 0.05) is 64.8 Å². The Hall–Kier alpha value is -6.26. The maximum Gasteiger partial charge on any atom is 0.406 e. The SMILES string of the molecule is C=C(C)C(=O)OCCC1CCN(c2cc3c4c(c5c(c3cc2OC)OC(c2ccccc2)(c2ccc(N3CCOCC3)cc2)C=C5)C(C)(C)c2ccccc2-4)C(OC(N)=O)C1. The summed E-state index contributed by atoms with van der Waals surface area (Å²) >= 11 is 0. The third-order valence-corrected chi connectivity index (χ3v) is 13.0. The molecule has 5 aromatic carbocycles. The fourth-order valence-corrected chi connectivity index (χ4v) is 9.98. The maximum absolute atomic E-state index is 12.4. The number of fused-ring (bicyclic) bond motifs is 8. The lowest BCUT2D eigenvalue weighted by atomic mass is 9.76. The summed E-state index contributed by atoms with van der Waals surface area (Å²) in [7, 11) is 1.67. The first-order chi connectivity index (χ1) is 29.5. The van der Waals surface area contributed by atoms with Gasteiger partial charge in [0.05, 0.1) is 32.6 Å². The molecule has 10 heteroatoms. The molecular weight excluding hydrogens is 767 g/mol. The molecule has 3 unspecified atom stereocenters. The number of methoxy groups -OCH3 is 1. The van der Waals surface area contributed by atoms with E-state index >= 15 is 0 Å². The van der Waals surface area contributed by atoms with Crippen LogP contribution < -0.4 is 25.0 Å². The second-order valence-corrected chi connectivity index (χ2v) is 17.1. The van der Waals surface area contributed by atoms with Crippen molar-refractivity contribution in [2.24, 2.45) is 11.7 Å². The Morgan fingerprint density at radius 2 is 1.64 bits per heavy atom. The Morgan fingerprint density at radius 1 is 0.918 bits per heavy atom. The number of rotatable bonds is 10. The number of carbonyl (C=O) groups excluding carboxylic acids is 2. The second kappa shape index (κ2) is 16.0. The summed E-state index contributed by atoms with van der Waals surface area (Å²) < 4.78 is 30.8. The highest BCUT2D eigenvalue weighted by Gasteiger charge is 2.45. The van der Waals surface area contributed by atoms with Gasteiger partial charge in [-0.3, -0.25) is 0 Å². The van der Waals surface area contributed by atoms with E-state index in [2.05, 4.69) is 127 Å². The number of nitrogens with two attached hydrogens (primary N) is 1. The lowest BCUT2D eigenvalue weighted by Crippen LogP contribution is -2.46. The van der Waals surface area contributed by atoms with E-state index in [1.807, 2.05) is 6.07 Å². The van der Waals surface area contributed by atoms with Gasteiger partial charge in [-0.1, -0.05) is 93.2 Å². The van der Waals surface area contributed by atoms with Crippen LogP contribution in [0, 0.1) is 5.92 Å². The average Bonchev–Trinajstić information content (AvgIpc) is 3.52. The van der Waals surface area contributed by atoms with E-state index in [0.717, 1.165) is 69.7 Å². The largest absolute Gasteiger partial charge is 0.495 e. The minimum absolute atomic E-state index is 0.128.